The predicted octanol–water partition coefficient (Wildman–Crippen LogP) is 8.78. The molecule has 0 aliphatic rings. The highest BCUT2D eigenvalue weighted by molar-refractivity contribution is 7.22. The third-order valence-electron chi connectivity index (χ3n) is 6.43. The van der Waals surface area contributed by atoms with Gasteiger partial charge in [0.15, 0.2) is 5.75 Å². The molecule has 7 nitrogen and oxygen atoms in total. The Balaban J connectivity index is 1.15. The predicted molar refractivity (Wildman–Crippen MR) is 170 cm³/mol. The zero-order chi connectivity index (χ0) is 31.1. The lowest BCUT2D eigenvalue weighted by Crippen LogP contribution is -2.26. The number of halogens is 1. The van der Waals surface area contributed by atoms with Gasteiger partial charge >= 0.3 is 5.97 Å². The van der Waals surface area contributed by atoms with Crippen LogP contribution in [-0.4, -0.2) is 41.5 Å². The number of hydrogen-bond acceptors (Lipinski definition) is 8. The zero-order valence-corrected chi connectivity index (χ0v) is 25.7. The van der Waals surface area contributed by atoms with Gasteiger partial charge in [-0.15, -0.1) is 11.3 Å². The molecule has 0 aliphatic heterocycles. The fraction of sp³-hybridized carbons (Fsp3) is 0.257. The molecule has 3 aromatic carbocycles. The molecule has 0 saturated carbocycles. The van der Waals surface area contributed by atoms with Crippen molar-refractivity contribution in [2.45, 2.75) is 39.2 Å². The summed E-state index contributed by atoms with van der Waals surface area (Å²) in [6, 6.07) is 22.9. The first-order valence-corrected chi connectivity index (χ1v) is 15.1. The summed E-state index contributed by atoms with van der Waals surface area (Å²) < 4.78 is 37.2. The van der Waals surface area contributed by atoms with Crippen LogP contribution < -0.4 is 9.47 Å². The van der Waals surface area contributed by atoms with Gasteiger partial charge in [0.1, 0.15) is 35.3 Å². The van der Waals surface area contributed by atoms with Crippen LogP contribution in [0, 0.1) is 5.82 Å². The van der Waals surface area contributed by atoms with Crippen molar-refractivity contribution in [2.75, 3.05) is 19.8 Å². The van der Waals surface area contributed by atoms with E-state index in [-0.39, 0.29) is 24.1 Å². The second-order valence-electron chi connectivity index (χ2n) is 11.1. The molecular weight excluding hydrogens is 581 g/mol. The summed E-state index contributed by atoms with van der Waals surface area (Å²) in [5.41, 5.74) is 2.03. The molecule has 0 spiro atoms. The minimum Gasteiger partial charge on any atom is -0.508 e. The summed E-state index contributed by atoms with van der Waals surface area (Å²) >= 11 is 1.48. The number of ether oxygens (including phenoxy) is 4. The molecule has 0 bridgehead atoms. The van der Waals surface area contributed by atoms with Crippen molar-refractivity contribution < 1.29 is 33.2 Å². The number of esters is 1. The quantitative estimate of drug-likeness (QED) is 0.111. The van der Waals surface area contributed by atoms with Crippen LogP contribution in [0.5, 0.6) is 23.0 Å². The number of pyridine rings is 1. The Hall–Kier alpha value is -4.47. The summed E-state index contributed by atoms with van der Waals surface area (Å²) in [6.07, 6.45) is 3.24. The number of aromatic hydroxyl groups is 1. The van der Waals surface area contributed by atoms with Crippen LogP contribution in [0.4, 0.5) is 4.39 Å². The Labute approximate surface area is 259 Å². The first-order chi connectivity index (χ1) is 21.1. The lowest BCUT2D eigenvalue weighted by atomic mass is 10.1. The van der Waals surface area contributed by atoms with Crippen LogP contribution in [0.2, 0.25) is 0 Å². The summed E-state index contributed by atoms with van der Waals surface area (Å²) in [7, 11) is 0. The first-order valence-electron chi connectivity index (χ1n) is 14.3. The molecule has 1 N–H and O–H groups in total. The molecule has 0 saturated heterocycles. The van der Waals surface area contributed by atoms with Crippen LogP contribution in [-0.2, 0) is 14.3 Å². The molecule has 0 atom stereocenters. The van der Waals surface area contributed by atoms with Crippen LogP contribution in [0.3, 0.4) is 0 Å². The van der Waals surface area contributed by atoms with Gasteiger partial charge in [-0.25, -0.2) is 9.18 Å². The number of thiophene rings is 1. The summed E-state index contributed by atoms with van der Waals surface area (Å²) in [6.45, 7) is 6.39. The number of nitrogens with zero attached hydrogens (tertiary/aromatic N) is 1. The minimum absolute atomic E-state index is 0.0517. The lowest BCUT2D eigenvalue weighted by molar-refractivity contribution is -0.160. The molecule has 2 heterocycles. The van der Waals surface area contributed by atoms with E-state index in [1.54, 1.807) is 30.5 Å². The molecule has 5 aromatic rings. The Morgan fingerprint density at radius 1 is 0.886 bits per heavy atom. The third-order valence-corrected chi connectivity index (χ3v) is 7.62. The molecule has 0 amide bonds. The maximum Gasteiger partial charge on any atom is 0.332 e. The topological polar surface area (TPSA) is 87.1 Å². The van der Waals surface area contributed by atoms with E-state index >= 15 is 0 Å². The number of phenolic OH excluding ortho intramolecular Hbond substituents is 1. The molecule has 228 valence electrons. The number of benzene rings is 3. The van der Waals surface area contributed by atoms with Gasteiger partial charge in [-0.05, 0) is 106 Å². The van der Waals surface area contributed by atoms with Crippen LogP contribution in [0.1, 0.15) is 33.6 Å². The molecular formula is C35H34FNO6S. The Morgan fingerprint density at radius 3 is 2.30 bits per heavy atom. The van der Waals surface area contributed by atoms with E-state index in [1.807, 2.05) is 63.2 Å². The fourth-order valence-electron chi connectivity index (χ4n) is 4.42. The molecule has 9 heteroatoms. The van der Waals surface area contributed by atoms with E-state index in [1.165, 1.54) is 23.5 Å². The van der Waals surface area contributed by atoms with Crippen molar-refractivity contribution in [3.8, 4) is 44.7 Å². The van der Waals surface area contributed by atoms with E-state index in [2.05, 4.69) is 4.98 Å². The normalized spacial score (nSPS) is 11.5. The second kappa shape index (κ2) is 13.9. The van der Waals surface area contributed by atoms with E-state index < -0.39 is 5.60 Å². The Kier molecular flexibility index (Phi) is 9.77. The van der Waals surface area contributed by atoms with Crippen molar-refractivity contribution >= 4 is 27.4 Å². The standard InChI is InChI=1S/C35H34FNO6S/c1-35(2,3)43-32(39)22-40-18-4-5-19-41-28-15-17-30(37-21-28)23-8-13-27(14-9-23)42-33-29-16-12-26(38)20-31(29)44-34(33)24-6-10-25(36)11-7-24/h6-17,20-21,38H,4-5,18-19,22H2,1-3H3. The SMILES string of the molecule is CC(C)(C)OC(=O)COCCCCOc1ccc(-c2ccc(Oc3c(-c4ccc(F)cc4)sc4cc(O)ccc34)cc2)nc1. The summed E-state index contributed by atoms with van der Waals surface area (Å²) in [5.74, 6) is 1.46. The third kappa shape index (κ3) is 8.33. The van der Waals surface area contributed by atoms with Crippen molar-refractivity contribution in [2.24, 2.45) is 0 Å². The van der Waals surface area contributed by atoms with Crippen molar-refractivity contribution in [3.05, 3.63) is 90.9 Å². The van der Waals surface area contributed by atoms with Gasteiger partial charge in [-0.3, -0.25) is 4.98 Å². The first kappa shape index (κ1) is 31.0. The van der Waals surface area contributed by atoms with Gasteiger partial charge in [-0.1, -0.05) is 12.1 Å². The zero-order valence-electron chi connectivity index (χ0n) is 24.8. The number of unbranched alkanes of at least 4 members (excludes halogenated alkanes) is 1. The number of rotatable bonds is 12. The molecule has 0 fully saturated rings. The highest BCUT2D eigenvalue weighted by atomic mass is 32.1. The highest BCUT2D eigenvalue weighted by Gasteiger charge is 2.18. The summed E-state index contributed by atoms with van der Waals surface area (Å²) in [5, 5.41) is 10.9. The van der Waals surface area contributed by atoms with Crippen LogP contribution in [0.25, 0.3) is 31.8 Å². The van der Waals surface area contributed by atoms with Gasteiger partial charge in [0, 0.05) is 22.3 Å². The van der Waals surface area contributed by atoms with Crippen LogP contribution in [0.15, 0.2) is 85.1 Å². The minimum atomic E-state index is -0.514. The lowest BCUT2D eigenvalue weighted by Gasteiger charge is -2.19. The number of carbonyl (C=O) groups excluding carboxylic acids is 1. The smallest absolute Gasteiger partial charge is 0.332 e. The van der Waals surface area contributed by atoms with E-state index in [9.17, 15) is 14.3 Å². The average molecular weight is 616 g/mol. The van der Waals surface area contributed by atoms with Gasteiger partial charge < -0.3 is 24.1 Å². The van der Waals surface area contributed by atoms with Crippen molar-refractivity contribution in [1.82, 2.24) is 4.98 Å². The molecule has 0 aliphatic carbocycles. The van der Waals surface area contributed by atoms with Gasteiger partial charge in [0.05, 0.1) is 23.4 Å². The number of carbonyl (C=O) groups is 1. The number of hydrogen-bond donors (Lipinski definition) is 1. The van der Waals surface area contributed by atoms with Crippen molar-refractivity contribution in [3.63, 3.8) is 0 Å². The van der Waals surface area contributed by atoms with E-state index in [0.29, 0.717) is 30.5 Å². The van der Waals surface area contributed by atoms with Crippen LogP contribution >= 0.6 is 11.3 Å². The number of fused-ring (bicyclic) bond motifs is 1. The van der Waals surface area contributed by atoms with Crippen molar-refractivity contribution in [1.29, 1.82) is 0 Å². The maximum absolute atomic E-state index is 13.6. The average Bonchev–Trinajstić information content (AvgIpc) is 3.34. The Bertz CT molecular complexity index is 1690. The maximum atomic E-state index is 13.6. The van der Waals surface area contributed by atoms with Gasteiger partial charge in [-0.2, -0.15) is 0 Å². The van der Waals surface area contributed by atoms with Gasteiger partial charge in [0.25, 0.3) is 0 Å². The monoisotopic (exact) mass is 615 g/mol. The van der Waals surface area contributed by atoms with E-state index in [0.717, 1.165) is 44.6 Å². The summed E-state index contributed by atoms with van der Waals surface area (Å²) in [4.78, 5) is 17.1. The molecule has 2 aromatic heterocycles. The second-order valence-corrected chi connectivity index (χ2v) is 12.2. The number of phenols is 1. The molecule has 44 heavy (non-hydrogen) atoms. The Morgan fingerprint density at radius 2 is 1.59 bits per heavy atom. The highest BCUT2D eigenvalue weighted by Crippen LogP contribution is 2.47. The molecule has 5 rings (SSSR count). The number of aromatic nitrogens is 1. The largest absolute Gasteiger partial charge is 0.508 e. The van der Waals surface area contributed by atoms with E-state index in [4.69, 9.17) is 18.9 Å². The molecule has 0 radical (unpaired) electrons. The van der Waals surface area contributed by atoms with Gasteiger partial charge in [0.2, 0.25) is 0 Å². The molecule has 0 unspecified atom stereocenters. The fourth-order valence-corrected chi connectivity index (χ4v) is 5.59.